The highest BCUT2D eigenvalue weighted by molar-refractivity contribution is 5.89. The minimum absolute atomic E-state index is 0.292. The molecule has 0 aliphatic heterocycles. The highest BCUT2D eigenvalue weighted by Gasteiger charge is 2.38. The monoisotopic (exact) mass is 394 g/mol. The molecule has 1 aromatic carbocycles. The summed E-state index contributed by atoms with van der Waals surface area (Å²) in [5.74, 6) is -0.314. The maximum atomic E-state index is 12.8. The van der Waals surface area contributed by atoms with Crippen LogP contribution in [0.15, 0.2) is 30.3 Å². The van der Waals surface area contributed by atoms with Gasteiger partial charge >= 0.3 is 6.09 Å². The van der Waals surface area contributed by atoms with Crippen LogP contribution in [0.1, 0.15) is 40.2 Å². The van der Waals surface area contributed by atoms with E-state index in [2.05, 4.69) is 5.32 Å². The molecule has 0 aromatic heterocycles. The highest BCUT2D eigenvalue weighted by Crippen LogP contribution is 2.18. The molecule has 28 heavy (non-hydrogen) atoms. The third-order valence-corrected chi connectivity index (χ3v) is 4.20. The summed E-state index contributed by atoms with van der Waals surface area (Å²) in [4.78, 5) is 26.4. The first-order chi connectivity index (χ1) is 13.0. The van der Waals surface area contributed by atoms with Gasteiger partial charge in [0, 0.05) is 14.2 Å². The van der Waals surface area contributed by atoms with Gasteiger partial charge in [0.1, 0.15) is 11.1 Å². The Morgan fingerprint density at radius 2 is 1.68 bits per heavy atom. The summed E-state index contributed by atoms with van der Waals surface area (Å²) in [6, 6.07) is 9.45. The standard InChI is InChI=1S/C21H34N2O5/c1-20(2,3)28-19(25)23(6)21(4,5)18(24)22-17(14-26-7)15-27-13-16-11-9-8-10-12-16/h8-12,17H,13-15H2,1-7H3,(H,22,24)/t17-/m0/s1. The Hall–Kier alpha value is -2.12. The molecule has 0 radical (unpaired) electrons. The summed E-state index contributed by atoms with van der Waals surface area (Å²) >= 11 is 0. The Balaban J connectivity index is 2.66. The zero-order chi connectivity index (χ0) is 21.4. The molecule has 0 aliphatic rings. The van der Waals surface area contributed by atoms with Crippen molar-refractivity contribution in [1.82, 2.24) is 10.2 Å². The molecule has 0 unspecified atom stereocenters. The number of carbonyl (C=O) groups excluding carboxylic acids is 2. The van der Waals surface area contributed by atoms with Crippen LogP contribution in [0.25, 0.3) is 0 Å². The number of carbonyl (C=O) groups is 2. The number of benzene rings is 1. The van der Waals surface area contributed by atoms with E-state index in [1.54, 1.807) is 48.8 Å². The molecule has 0 heterocycles. The van der Waals surface area contributed by atoms with Gasteiger partial charge in [0.05, 0.1) is 25.9 Å². The largest absolute Gasteiger partial charge is 0.444 e. The van der Waals surface area contributed by atoms with Crippen LogP contribution in [0.5, 0.6) is 0 Å². The second-order valence-electron chi connectivity index (χ2n) is 8.22. The first-order valence-corrected chi connectivity index (χ1v) is 9.35. The van der Waals surface area contributed by atoms with E-state index in [-0.39, 0.29) is 11.9 Å². The fourth-order valence-corrected chi connectivity index (χ4v) is 2.30. The zero-order valence-electron chi connectivity index (χ0n) is 18.1. The van der Waals surface area contributed by atoms with Crippen LogP contribution in [0, 0.1) is 0 Å². The molecule has 1 N–H and O–H groups in total. The van der Waals surface area contributed by atoms with E-state index in [9.17, 15) is 9.59 Å². The molecular formula is C21H34N2O5. The molecule has 0 aliphatic carbocycles. The van der Waals surface area contributed by atoms with Crippen LogP contribution in [-0.4, -0.2) is 61.5 Å². The summed E-state index contributed by atoms with van der Waals surface area (Å²) in [6.45, 7) is 9.72. The second-order valence-corrected chi connectivity index (χ2v) is 8.22. The summed E-state index contributed by atoms with van der Waals surface area (Å²) < 4.78 is 16.3. The number of hydrogen-bond acceptors (Lipinski definition) is 5. The molecule has 1 rings (SSSR count). The lowest BCUT2D eigenvalue weighted by Gasteiger charge is -2.36. The smallest absolute Gasteiger partial charge is 0.410 e. The van der Waals surface area contributed by atoms with Gasteiger partial charge in [0.15, 0.2) is 0 Å². The van der Waals surface area contributed by atoms with Crippen molar-refractivity contribution >= 4 is 12.0 Å². The molecule has 0 fully saturated rings. The van der Waals surface area contributed by atoms with Crippen LogP contribution in [0.4, 0.5) is 4.79 Å². The number of likely N-dealkylation sites (N-methyl/N-ethyl adjacent to an activating group) is 1. The average Bonchev–Trinajstić information content (AvgIpc) is 2.60. The number of rotatable bonds is 9. The first kappa shape index (κ1) is 23.9. The summed E-state index contributed by atoms with van der Waals surface area (Å²) in [6.07, 6.45) is -0.559. The third kappa shape index (κ3) is 7.86. The van der Waals surface area contributed by atoms with Gasteiger partial charge < -0.3 is 19.5 Å². The number of ether oxygens (including phenoxy) is 3. The molecule has 0 bridgehead atoms. The normalized spacial score (nSPS) is 13.0. The molecule has 0 saturated carbocycles. The molecular weight excluding hydrogens is 360 g/mol. The zero-order valence-corrected chi connectivity index (χ0v) is 18.1. The van der Waals surface area contributed by atoms with Gasteiger partial charge in [-0.05, 0) is 40.2 Å². The Morgan fingerprint density at radius 3 is 2.21 bits per heavy atom. The quantitative estimate of drug-likeness (QED) is 0.697. The van der Waals surface area contributed by atoms with Gasteiger partial charge in [-0.2, -0.15) is 0 Å². The van der Waals surface area contributed by atoms with Crippen LogP contribution < -0.4 is 5.32 Å². The van der Waals surface area contributed by atoms with E-state index < -0.39 is 17.2 Å². The Kier molecular flexibility index (Phi) is 8.91. The lowest BCUT2D eigenvalue weighted by molar-refractivity contribution is -0.132. The molecule has 0 spiro atoms. The molecule has 2 amide bonds. The van der Waals surface area contributed by atoms with Crippen LogP contribution in [0.3, 0.4) is 0 Å². The summed E-state index contributed by atoms with van der Waals surface area (Å²) in [5.41, 5.74) is -0.690. The molecule has 0 saturated heterocycles. The van der Waals surface area contributed by atoms with Crippen LogP contribution in [-0.2, 0) is 25.6 Å². The van der Waals surface area contributed by atoms with E-state index in [0.717, 1.165) is 5.56 Å². The number of nitrogens with one attached hydrogen (secondary N) is 1. The van der Waals surface area contributed by atoms with Gasteiger partial charge in [-0.15, -0.1) is 0 Å². The Morgan fingerprint density at radius 1 is 1.07 bits per heavy atom. The Bertz CT molecular complexity index is 625. The minimum Gasteiger partial charge on any atom is -0.444 e. The van der Waals surface area contributed by atoms with Gasteiger partial charge in [-0.1, -0.05) is 30.3 Å². The van der Waals surface area contributed by atoms with Crippen molar-refractivity contribution in [3.63, 3.8) is 0 Å². The highest BCUT2D eigenvalue weighted by atomic mass is 16.6. The fraction of sp³-hybridized carbons (Fsp3) is 0.619. The lowest BCUT2D eigenvalue weighted by Crippen LogP contribution is -2.59. The predicted molar refractivity (Wildman–Crippen MR) is 108 cm³/mol. The predicted octanol–water partition coefficient (Wildman–Crippen LogP) is 2.98. The fourth-order valence-electron chi connectivity index (χ4n) is 2.30. The average molecular weight is 395 g/mol. The molecule has 1 atom stereocenters. The number of hydrogen-bond donors (Lipinski definition) is 1. The number of nitrogens with zero attached hydrogens (tertiary/aromatic N) is 1. The van der Waals surface area contributed by atoms with E-state index in [1.165, 1.54) is 4.90 Å². The molecule has 158 valence electrons. The van der Waals surface area contributed by atoms with E-state index in [0.29, 0.717) is 19.8 Å². The van der Waals surface area contributed by atoms with Crippen molar-refractivity contribution in [2.24, 2.45) is 0 Å². The maximum Gasteiger partial charge on any atom is 0.410 e. The van der Waals surface area contributed by atoms with Crippen molar-refractivity contribution in [2.75, 3.05) is 27.4 Å². The molecule has 7 nitrogen and oxygen atoms in total. The van der Waals surface area contributed by atoms with Gasteiger partial charge in [-0.3, -0.25) is 9.69 Å². The first-order valence-electron chi connectivity index (χ1n) is 9.35. The van der Waals surface area contributed by atoms with E-state index >= 15 is 0 Å². The SMILES string of the molecule is COC[C@@H](COCc1ccccc1)NC(=O)C(C)(C)N(C)C(=O)OC(C)(C)C. The van der Waals surface area contributed by atoms with Crippen LogP contribution >= 0.6 is 0 Å². The van der Waals surface area contributed by atoms with Gasteiger partial charge in [0.2, 0.25) is 5.91 Å². The second kappa shape index (κ2) is 10.4. The Labute approximate surface area is 168 Å². The van der Waals surface area contributed by atoms with Crippen molar-refractivity contribution in [2.45, 2.75) is 58.4 Å². The van der Waals surface area contributed by atoms with Crippen molar-refractivity contribution in [3.05, 3.63) is 35.9 Å². The minimum atomic E-state index is -1.10. The summed E-state index contributed by atoms with van der Waals surface area (Å²) in [7, 11) is 3.11. The maximum absolute atomic E-state index is 12.8. The van der Waals surface area contributed by atoms with E-state index in [1.807, 2.05) is 30.3 Å². The van der Waals surface area contributed by atoms with Crippen molar-refractivity contribution in [1.29, 1.82) is 0 Å². The topological polar surface area (TPSA) is 77.1 Å². The molecule has 7 heteroatoms. The number of amides is 2. The van der Waals surface area contributed by atoms with Crippen molar-refractivity contribution in [3.8, 4) is 0 Å². The van der Waals surface area contributed by atoms with Crippen LogP contribution in [0.2, 0.25) is 0 Å². The number of methoxy groups -OCH3 is 1. The van der Waals surface area contributed by atoms with Gasteiger partial charge in [0.25, 0.3) is 0 Å². The van der Waals surface area contributed by atoms with Gasteiger partial charge in [-0.25, -0.2) is 4.79 Å². The van der Waals surface area contributed by atoms with E-state index in [4.69, 9.17) is 14.2 Å². The lowest BCUT2D eigenvalue weighted by atomic mass is 10.0. The third-order valence-electron chi connectivity index (χ3n) is 4.20. The van der Waals surface area contributed by atoms with Crippen molar-refractivity contribution < 1.29 is 23.8 Å². The summed E-state index contributed by atoms with van der Waals surface area (Å²) in [5, 5.41) is 2.90. The molecule has 1 aromatic rings.